The smallest absolute Gasteiger partial charge is 0.343 e. The standard InChI is InChI=1S/C24H21ClN2O6/c1-30-20-12-17(13-21(31-2)22(20)32-3)23(28)27-26-14-15-4-10-19(11-5-15)33-24(29)16-6-8-18(25)9-7-16/h4-14H,1-3H3,(H,27,28)/b26-14-. The van der Waals surface area contributed by atoms with Crippen molar-refractivity contribution in [3.8, 4) is 23.0 Å². The number of rotatable bonds is 8. The highest BCUT2D eigenvalue weighted by molar-refractivity contribution is 6.30. The molecule has 0 saturated carbocycles. The van der Waals surface area contributed by atoms with Crippen LogP contribution in [0.5, 0.6) is 23.0 Å². The Hall–Kier alpha value is -4.04. The van der Waals surface area contributed by atoms with Gasteiger partial charge in [-0.2, -0.15) is 5.10 Å². The van der Waals surface area contributed by atoms with Gasteiger partial charge in [0.05, 0.1) is 33.1 Å². The predicted octanol–water partition coefficient (Wildman–Crippen LogP) is 4.35. The molecule has 0 aliphatic carbocycles. The molecule has 3 rings (SSSR count). The van der Waals surface area contributed by atoms with Gasteiger partial charge in [-0.15, -0.1) is 0 Å². The van der Waals surface area contributed by atoms with E-state index in [4.69, 9.17) is 30.5 Å². The number of amides is 1. The number of benzene rings is 3. The van der Waals surface area contributed by atoms with Crippen molar-refractivity contribution in [1.29, 1.82) is 0 Å². The zero-order valence-corrected chi connectivity index (χ0v) is 18.9. The quantitative estimate of drug-likeness (QED) is 0.228. The average molecular weight is 469 g/mol. The van der Waals surface area contributed by atoms with Gasteiger partial charge in [-0.05, 0) is 66.2 Å². The molecule has 0 bridgehead atoms. The van der Waals surface area contributed by atoms with Crippen LogP contribution >= 0.6 is 11.6 Å². The molecule has 0 heterocycles. The largest absolute Gasteiger partial charge is 0.493 e. The number of ether oxygens (including phenoxy) is 4. The van der Waals surface area contributed by atoms with E-state index in [-0.39, 0.29) is 5.56 Å². The molecule has 0 fully saturated rings. The Morgan fingerprint density at radius 3 is 2.00 bits per heavy atom. The summed E-state index contributed by atoms with van der Waals surface area (Å²) in [7, 11) is 4.41. The maximum Gasteiger partial charge on any atom is 0.343 e. The number of nitrogens with zero attached hydrogens (tertiary/aromatic N) is 1. The minimum Gasteiger partial charge on any atom is -0.493 e. The predicted molar refractivity (Wildman–Crippen MR) is 124 cm³/mol. The Kier molecular flexibility index (Phi) is 7.88. The molecular weight excluding hydrogens is 448 g/mol. The molecule has 8 nitrogen and oxygen atoms in total. The normalized spacial score (nSPS) is 10.5. The van der Waals surface area contributed by atoms with Gasteiger partial charge >= 0.3 is 5.97 Å². The third-order valence-electron chi connectivity index (χ3n) is 4.48. The summed E-state index contributed by atoms with van der Waals surface area (Å²) in [6.45, 7) is 0. The highest BCUT2D eigenvalue weighted by Crippen LogP contribution is 2.38. The minimum atomic E-state index is -0.495. The molecule has 0 aliphatic heterocycles. The second-order valence-corrected chi connectivity index (χ2v) is 7.02. The van der Waals surface area contributed by atoms with Crippen molar-refractivity contribution < 1.29 is 28.5 Å². The molecule has 1 N–H and O–H groups in total. The van der Waals surface area contributed by atoms with Crippen LogP contribution in [0.3, 0.4) is 0 Å². The van der Waals surface area contributed by atoms with Crippen molar-refractivity contribution in [1.82, 2.24) is 5.43 Å². The third kappa shape index (κ3) is 6.02. The average Bonchev–Trinajstić information content (AvgIpc) is 2.84. The first kappa shape index (κ1) is 23.6. The Bertz CT molecular complexity index is 1140. The summed E-state index contributed by atoms with van der Waals surface area (Å²) in [5, 5.41) is 4.50. The highest BCUT2D eigenvalue weighted by atomic mass is 35.5. The van der Waals surface area contributed by atoms with E-state index in [2.05, 4.69) is 10.5 Å². The van der Waals surface area contributed by atoms with Crippen LogP contribution in [0.15, 0.2) is 65.8 Å². The van der Waals surface area contributed by atoms with Crippen LogP contribution in [0.2, 0.25) is 5.02 Å². The fourth-order valence-electron chi connectivity index (χ4n) is 2.82. The van der Waals surface area contributed by atoms with Crippen molar-refractivity contribution in [3.05, 3.63) is 82.4 Å². The third-order valence-corrected chi connectivity index (χ3v) is 4.73. The number of carbonyl (C=O) groups excluding carboxylic acids is 2. The Labute approximate surface area is 195 Å². The lowest BCUT2D eigenvalue weighted by Crippen LogP contribution is -2.18. The number of nitrogens with one attached hydrogen (secondary N) is 1. The van der Waals surface area contributed by atoms with Gasteiger partial charge in [0.25, 0.3) is 5.91 Å². The Morgan fingerprint density at radius 2 is 1.45 bits per heavy atom. The van der Waals surface area contributed by atoms with Gasteiger partial charge in [-0.25, -0.2) is 10.2 Å². The van der Waals surface area contributed by atoms with E-state index in [1.807, 2.05) is 0 Å². The van der Waals surface area contributed by atoms with Crippen LogP contribution in [0.25, 0.3) is 0 Å². The molecule has 1 amide bonds. The zero-order valence-electron chi connectivity index (χ0n) is 18.1. The van der Waals surface area contributed by atoms with Crippen molar-refractivity contribution in [2.45, 2.75) is 0 Å². The van der Waals surface area contributed by atoms with E-state index in [0.29, 0.717) is 39.1 Å². The maximum atomic E-state index is 12.5. The van der Waals surface area contributed by atoms with Crippen molar-refractivity contribution >= 4 is 29.7 Å². The number of halogens is 1. The molecule has 0 aliphatic rings. The number of methoxy groups -OCH3 is 3. The first-order chi connectivity index (χ1) is 15.9. The van der Waals surface area contributed by atoms with E-state index < -0.39 is 11.9 Å². The first-order valence-corrected chi connectivity index (χ1v) is 10.0. The number of hydrogen-bond donors (Lipinski definition) is 1. The summed E-state index contributed by atoms with van der Waals surface area (Å²) in [4.78, 5) is 24.6. The summed E-state index contributed by atoms with van der Waals surface area (Å²) >= 11 is 5.82. The molecule has 33 heavy (non-hydrogen) atoms. The molecule has 9 heteroatoms. The van der Waals surface area contributed by atoms with Crippen LogP contribution in [-0.2, 0) is 0 Å². The van der Waals surface area contributed by atoms with Crippen molar-refractivity contribution in [3.63, 3.8) is 0 Å². The summed E-state index contributed by atoms with van der Waals surface area (Å²) in [5.74, 6) is 0.514. The van der Waals surface area contributed by atoms with E-state index in [9.17, 15) is 9.59 Å². The monoisotopic (exact) mass is 468 g/mol. The van der Waals surface area contributed by atoms with Gasteiger partial charge < -0.3 is 18.9 Å². The number of hydrazone groups is 1. The number of esters is 1. The molecule has 0 saturated heterocycles. The molecule has 0 radical (unpaired) electrons. The maximum absolute atomic E-state index is 12.5. The molecule has 0 unspecified atom stereocenters. The van der Waals surface area contributed by atoms with Crippen LogP contribution in [0.1, 0.15) is 26.3 Å². The summed E-state index contributed by atoms with van der Waals surface area (Å²) in [6.07, 6.45) is 1.46. The van der Waals surface area contributed by atoms with E-state index in [0.717, 1.165) is 0 Å². The van der Waals surface area contributed by atoms with Crippen LogP contribution < -0.4 is 24.4 Å². The lowest BCUT2D eigenvalue weighted by Gasteiger charge is -2.13. The minimum absolute atomic E-state index is 0.283. The molecule has 3 aromatic carbocycles. The molecule has 0 atom stereocenters. The highest BCUT2D eigenvalue weighted by Gasteiger charge is 2.16. The van der Waals surface area contributed by atoms with Crippen molar-refractivity contribution in [2.75, 3.05) is 21.3 Å². The zero-order chi connectivity index (χ0) is 23.8. The van der Waals surface area contributed by atoms with E-state index in [1.165, 1.54) is 39.7 Å². The van der Waals surface area contributed by atoms with Crippen LogP contribution in [0, 0.1) is 0 Å². The lowest BCUT2D eigenvalue weighted by molar-refractivity contribution is 0.0734. The van der Waals surface area contributed by atoms with Crippen molar-refractivity contribution in [2.24, 2.45) is 5.10 Å². The summed E-state index contributed by atoms with van der Waals surface area (Å²) in [6, 6.07) is 16.1. The SMILES string of the molecule is COc1cc(C(=O)N/N=C\c2ccc(OC(=O)c3ccc(Cl)cc3)cc2)cc(OC)c1OC. The van der Waals surface area contributed by atoms with E-state index in [1.54, 1.807) is 48.5 Å². The summed E-state index contributed by atoms with van der Waals surface area (Å²) < 4.78 is 21.1. The van der Waals surface area contributed by atoms with Gasteiger partial charge in [0.1, 0.15) is 5.75 Å². The van der Waals surface area contributed by atoms with Gasteiger partial charge in [0, 0.05) is 10.6 Å². The lowest BCUT2D eigenvalue weighted by atomic mass is 10.1. The number of carbonyl (C=O) groups is 2. The molecule has 0 spiro atoms. The topological polar surface area (TPSA) is 95.5 Å². The molecule has 0 aromatic heterocycles. The fraction of sp³-hybridized carbons (Fsp3) is 0.125. The molecular formula is C24H21ClN2O6. The van der Waals surface area contributed by atoms with Crippen LogP contribution in [-0.4, -0.2) is 39.4 Å². The fourth-order valence-corrected chi connectivity index (χ4v) is 2.94. The number of hydrogen-bond acceptors (Lipinski definition) is 7. The Balaban J connectivity index is 1.62. The second-order valence-electron chi connectivity index (χ2n) is 6.58. The Morgan fingerprint density at radius 1 is 0.848 bits per heavy atom. The van der Waals surface area contributed by atoms with E-state index >= 15 is 0 Å². The molecule has 3 aromatic rings. The van der Waals surface area contributed by atoms with Gasteiger partial charge in [0.2, 0.25) is 5.75 Å². The second kappa shape index (κ2) is 11.0. The summed E-state index contributed by atoms with van der Waals surface area (Å²) in [5.41, 5.74) is 3.80. The van der Waals surface area contributed by atoms with Crippen LogP contribution in [0.4, 0.5) is 0 Å². The molecule has 170 valence electrons. The van der Waals surface area contributed by atoms with Gasteiger partial charge in [-0.1, -0.05) is 11.6 Å². The van der Waals surface area contributed by atoms with Gasteiger partial charge in [0.15, 0.2) is 11.5 Å². The van der Waals surface area contributed by atoms with Gasteiger partial charge in [-0.3, -0.25) is 4.79 Å². The first-order valence-electron chi connectivity index (χ1n) is 9.66.